The standard InChI is InChI=1S/C14H21NO4/c1-17-10-3-4-12(18-2)11(7-10)13(16)14(8-15)5-6-19-9-14/h3-4,7,13,16H,5-6,8-9,15H2,1-2H3. The van der Waals surface area contributed by atoms with Crippen LogP contribution in [0.25, 0.3) is 0 Å². The molecule has 1 aliphatic rings. The summed E-state index contributed by atoms with van der Waals surface area (Å²) in [7, 11) is 3.17. The number of methoxy groups -OCH3 is 2. The molecular formula is C14H21NO4. The average Bonchev–Trinajstić information content (AvgIpc) is 2.95. The molecule has 0 aliphatic carbocycles. The minimum atomic E-state index is -0.731. The summed E-state index contributed by atoms with van der Waals surface area (Å²) in [5.41, 5.74) is 6.10. The van der Waals surface area contributed by atoms with E-state index in [1.165, 1.54) is 0 Å². The van der Waals surface area contributed by atoms with Gasteiger partial charge in [-0.3, -0.25) is 0 Å². The summed E-state index contributed by atoms with van der Waals surface area (Å²) < 4.78 is 15.9. The lowest BCUT2D eigenvalue weighted by atomic mass is 9.78. The zero-order chi connectivity index (χ0) is 13.9. The van der Waals surface area contributed by atoms with Crippen molar-refractivity contribution in [2.75, 3.05) is 34.0 Å². The molecule has 1 heterocycles. The molecule has 2 unspecified atom stereocenters. The fraction of sp³-hybridized carbons (Fsp3) is 0.571. The van der Waals surface area contributed by atoms with Gasteiger partial charge < -0.3 is 25.1 Å². The first-order chi connectivity index (χ1) is 9.16. The lowest BCUT2D eigenvalue weighted by molar-refractivity contribution is 0.0174. The zero-order valence-corrected chi connectivity index (χ0v) is 11.4. The molecule has 0 amide bonds. The summed E-state index contributed by atoms with van der Waals surface area (Å²) in [6, 6.07) is 5.38. The van der Waals surface area contributed by atoms with Gasteiger partial charge in [-0.15, -0.1) is 0 Å². The molecule has 1 aromatic rings. The van der Waals surface area contributed by atoms with Crippen molar-refractivity contribution in [3.05, 3.63) is 23.8 Å². The number of aliphatic hydroxyl groups excluding tert-OH is 1. The average molecular weight is 267 g/mol. The number of nitrogens with two attached hydrogens (primary N) is 1. The summed E-state index contributed by atoms with van der Waals surface area (Å²) in [5, 5.41) is 10.7. The van der Waals surface area contributed by atoms with Gasteiger partial charge in [0, 0.05) is 24.1 Å². The third-order valence-electron chi connectivity index (χ3n) is 3.85. The quantitative estimate of drug-likeness (QED) is 0.835. The molecule has 19 heavy (non-hydrogen) atoms. The second kappa shape index (κ2) is 5.77. The highest BCUT2D eigenvalue weighted by Gasteiger charge is 2.42. The number of rotatable bonds is 5. The Morgan fingerprint density at radius 3 is 2.74 bits per heavy atom. The number of benzene rings is 1. The lowest BCUT2D eigenvalue weighted by Crippen LogP contribution is -2.37. The van der Waals surface area contributed by atoms with Gasteiger partial charge in [-0.1, -0.05) is 0 Å². The first kappa shape index (κ1) is 14.1. The predicted molar refractivity (Wildman–Crippen MR) is 71.4 cm³/mol. The highest BCUT2D eigenvalue weighted by atomic mass is 16.5. The smallest absolute Gasteiger partial charge is 0.124 e. The van der Waals surface area contributed by atoms with Gasteiger partial charge in [0.1, 0.15) is 11.5 Å². The molecule has 0 bridgehead atoms. The van der Waals surface area contributed by atoms with Crippen LogP contribution in [-0.4, -0.2) is 39.1 Å². The molecular weight excluding hydrogens is 246 g/mol. The molecule has 0 radical (unpaired) electrons. The molecule has 1 saturated heterocycles. The van der Waals surface area contributed by atoms with E-state index in [0.29, 0.717) is 36.8 Å². The zero-order valence-electron chi connectivity index (χ0n) is 11.4. The predicted octanol–water partition coefficient (Wildman–Crippen LogP) is 1.10. The third kappa shape index (κ3) is 2.54. The van der Waals surface area contributed by atoms with Crippen LogP contribution in [0.1, 0.15) is 18.1 Å². The van der Waals surface area contributed by atoms with E-state index in [0.717, 1.165) is 6.42 Å². The Morgan fingerprint density at radius 1 is 1.42 bits per heavy atom. The van der Waals surface area contributed by atoms with E-state index in [4.69, 9.17) is 19.9 Å². The molecule has 5 heteroatoms. The second-order valence-corrected chi connectivity index (χ2v) is 4.88. The van der Waals surface area contributed by atoms with Crippen molar-refractivity contribution in [1.82, 2.24) is 0 Å². The number of hydrogen-bond acceptors (Lipinski definition) is 5. The number of ether oxygens (including phenoxy) is 3. The van der Waals surface area contributed by atoms with Crippen molar-refractivity contribution in [2.24, 2.45) is 11.1 Å². The SMILES string of the molecule is COc1ccc(OC)c(C(O)C2(CN)CCOC2)c1. The Labute approximate surface area is 113 Å². The Bertz CT molecular complexity index is 429. The van der Waals surface area contributed by atoms with E-state index in [1.807, 2.05) is 0 Å². The van der Waals surface area contributed by atoms with Crippen LogP contribution in [0.5, 0.6) is 11.5 Å². The minimum absolute atomic E-state index is 0.370. The molecule has 1 fully saturated rings. The van der Waals surface area contributed by atoms with E-state index in [9.17, 15) is 5.11 Å². The molecule has 5 nitrogen and oxygen atoms in total. The van der Waals surface area contributed by atoms with Gasteiger partial charge in [-0.05, 0) is 24.6 Å². The van der Waals surface area contributed by atoms with Gasteiger partial charge in [0.25, 0.3) is 0 Å². The summed E-state index contributed by atoms with van der Waals surface area (Å²) in [5.74, 6) is 1.31. The van der Waals surface area contributed by atoms with Crippen molar-refractivity contribution in [3.8, 4) is 11.5 Å². The van der Waals surface area contributed by atoms with Crippen molar-refractivity contribution >= 4 is 0 Å². The largest absolute Gasteiger partial charge is 0.497 e. The van der Waals surface area contributed by atoms with Crippen LogP contribution < -0.4 is 15.2 Å². The highest BCUT2D eigenvalue weighted by molar-refractivity contribution is 5.42. The number of hydrogen-bond donors (Lipinski definition) is 2. The van der Waals surface area contributed by atoms with Gasteiger partial charge in [0.15, 0.2) is 0 Å². The fourth-order valence-corrected chi connectivity index (χ4v) is 2.49. The molecule has 2 rings (SSSR count). The van der Waals surface area contributed by atoms with Crippen molar-refractivity contribution in [1.29, 1.82) is 0 Å². The Kier molecular flexibility index (Phi) is 4.29. The van der Waals surface area contributed by atoms with Gasteiger partial charge in [-0.25, -0.2) is 0 Å². The first-order valence-electron chi connectivity index (χ1n) is 6.34. The maximum absolute atomic E-state index is 10.7. The van der Waals surface area contributed by atoms with Crippen molar-refractivity contribution < 1.29 is 19.3 Å². The molecule has 0 aromatic heterocycles. The van der Waals surface area contributed by atoms with E-state index in [1.54, 1.807) is 32.4 Å². The molecule has 1 aliphatic heterocycles. The highest BCUT2D eigenvalue weighted by Crippen LogP contribution is 2.44. The number of aliphatic hydroxyl groups is 1. The van der Waals surface area contributed by atoms with Crippen LogP contribution in [-0.2, 0) is 4.74 Å². The first-order valence-corrected chi connectivity index (χ1v) is 6.34. The van der Waals surface area contributed by atoms with Gasteiger partial charge in [0.05, 0.1) is 26.9 Å². The monoisotopic (exact) mass is 267 g/mol. The molecule has 106 valence electrons. The summed E-state index contributed by atoms with van der Waals surface area (Å²) in [6.07, 6.45) is 0.00967. The van der Waals surface area contributed by atoms with Gasteiger partial charge >= 0.3 is 0 Å². The summed E-state index contributed by atoms with van der Waals surface area (Å²) >= 11 is 0. The molecule has 0 saturated carbocycles. The Morgan fingerprint density at radius 2 is 2.21 bits per heavy atom. The van der Waals surface area contributed by atoms with Crippen LogP contribution in [0.4, 0.5) is 0 Å². The van der Waals surface area contributed by atoms with Gasteiger partial charge in [-0.2, -0.15) is 0 Å². The van der Waals surface area contributed by atoms with E-state index in [-0.39, 0.29) is 0 Å². The van der Waals surface area contributed by atoms with Crippen LogP contribution in [0.15, 0.2) is 18.2 Å². The minimum Gasteiger partial charge on any atom is -0.497 e. The van der Waals surface area contributed by atoms with Gasteiger partial charge in [0.2, 0.25) is 0 Å². The fourth-order valence-electron chi connectivity index (χ4n) is 2.49. The Balaban J connectivity index is 2.38. The van der Waals surface area contributed by atoms with Crippen LogP contribution in [0.2, 0.25) is 0 Å². The molecule has 1 aromatic carbocycles. The summed E-state index contributed by atoms with van der Waals surface area (Å²) in [6.45, 7) is 1.46. The van der Waals surface area contributed by atoms with Crippen LogP contribution in [0.3, 0.4) is 0 Å². The van der Waals surface area contributed by atoms with Crippen molar-refractivity contribution in [2.45, 2.75) is 12.5 Å². The Hall–Kier alpha value is -1.30. The normalized spacial score (nSPS) is 24.2. The second-order valence-electron chi connectivity index (χ2n) is 4.88. The van der Waals surface area contributed by atoms with Crippen LogP contribution >= 0.6 is 0 Å². The van der Waals surface area contributed by atoms with Crippen LogP contribution in [0, 0.1) is 5.41 Å². The third-order valence-corrected chi connectivity index (χ3v) is 3.85. The summed E-state index contributed by atoms with van der Waals surface area (Å²) in [4.78, 5) is 0. The van der Waals surface area contributed by atoms with Crippen molar-refractivity contribution in [3.63, 3.8) is 0 Å². The molecule has 3 N–H and O–H groups in total. The molecule has 0 spiro atoms. The van der Waals surface area contributed by atoms with E-state index in [2.05, 4.69) is 0 Å². The maximum atomic E-state index is 10.7. The molecule has 2 atom stereocenters. The van der Waals surface area contributed by atoms with E-state index >= 15 is 0 Å². The topological polar surface area (TPSA) is 73.9 Å². The maximum Gasteiger partial charge on any atom is 0.124 e. The lowest BCUT2D eigenvalue weighted by Gasteiger charge is -2.32. The van der Waals surface area contributed by atoms with E-state index < -0.39 is 11.5 Å².